The Kier molecular flexibility index (Phi) is 3.29. The average molecular weight is 214 g/mol. The Bertz CT molecular complexity index is 362. The Morgan fingerprint density at radius 2 is 1.80 bits per heavy atom. The van der Waals surface area contributed by atoms with E-state index >= 15 is 0 Å². The summed E-state index contributed by atoms with van der Waals surface area (Å²) in [5.41, 5.74) is -0.162. The molecule has 0 fully saturated rings. The summed E-state index contributed by atoms with van der Waals surface area (Å²) in [6.45, 7) is 3.28. The number of benzene rings is 1. The summed E-state index contributed by atoms with van der Waals surface area (Å²) in [5, 5.41) is 0. The minimum atomic E-state index is -4.33. The second-order valence-electron chi connectivity index (χ2n) is 3.04. The number of ketones is 1. The number of carbonyl (C=O) groups is 1. The van der Waals surface area contributed by atoms with Crippen molar-refractivity contribution < 1.29 is 18.0 Å². The molecule has 0 N–H and O–H groups in total. The van der Waals surface area contributed by atoms with Gasteiger partial charge in [0.15, 0.2) is 5.78 Å². The molecular weight excluding hydrogens is 205 g/mol. The lowest BCUT2D eigenvalue weighted by atomic mass is 10.1. The van der Waals surface area contributed by atoms with Crippen LogP contribution in [0.2, 0.25) is 0 Å². The van der Waals surface area contributed by atoms with Crippen LogP contribution in [0.3, 0.4) is 0 Å². The van der Waals surface area contributed by atoms with Crippen LogP contribution in [0.4, 0.5) is 13.2 Å². The first-order valence-electron chi connectivity index (χ1n) is 4.25. The molecule has 1 aromatic rings. The number of carbonyl (C=O) groups excluding carboxylic acids is 1. The third-order valence-corrected chi connectivity index (χ3v) is 1.89. The van der Waals surface area contributed by atoms with E-state index in [9.17, 15) is 18.0 Å². The molecule has 0 spiro atoms. The zero-order valence-corrected chi connectivity index (χ0v) is 7.84. The fraction of sp³-hybridized carbons (Fsp3) is 0.182. The molecule has 1 nitrogen and oxygen atoms in total. The lowest BCUT2D eigenvalue weighted by Crippen LogP contribution is -2.05. The van der Waals surface area contributed by atoms with Gasteiger partial charge in [-0.2, -0.15) is 13.2 Å². The van der Waals surface area contributed by atoms with Gasteiger partial charge in [-0.3, -0.25) is 4.79 Å². The maximum Gasteiger partial charge on any atom is 0.416 e. The quantitative estimate of drug-likeness (QED) is 0.707. The summed E-state index contributed by atoms with van der Waals surface area (Å²) in [7, 11) is 0. The lowest BCUT2D eigenvalue weighted by molar-refractivity contribution is -0.137. The molecule has 15 heavy (non-hydrogen) atoms. The minimum absolute atomic E-state index is 0.0850. The van der Waals surface area contributed by atoms with Crippen LogP contribution in [0.25, 0.3) is 0 Å². The van der Waals surface area contributed by atoms with Gasteiger partial charge in [-0.1, -0.05) is 18.7 Å². The summed E-state index contributed by atoms with van der Waals surface area (Å²) in [4.78, 5) is 10.9. The van der Waals surface area contributed by atoms with E-state index < -0.39 is 11.7 Å². The van der Waals surface area contributed by atoms with Gasteiger partial charge in [-0.25, -0.2) is 0 Å². The van der Waals surface area contributed by atoms with Gasteiger partial charge in [0.2, 0.25) is 0 Å². The second-order valence-corrected chi connectivity index (χ2v) is 3.04. The molecule has 0 unspecified atom stereocenters. The molecule has 0 aromatic heterocycles. The van der Waals surface area contributed by atoms with Crippen LogP contribution >= 0.6 is 0 Å². The minimum Gasteiger partial charge on any atom is -0.295 e. The maximum atomic E-state index is 12.2. The molecule has 1 aromatic carbocycles. The standard InChI is InChI=1S/C11H9F3O/c1-2-10(15)7-8-3-5-9(6-4-8)11(12,13)14/h2-6H,1,7H2. The molecule has 4 heteroatoms. The molecule has 0 aliphatic rings. The SMILES string of the molecule is C=CC(=O)Cc1ccc(C(F)(F)F)cc1. The molecule has 0 aliphatic carbocycles. The van der Waals surface area contributed by atoms with E-state index in [1.807, 2.05) is 0 Å². The molecule has 1 rings (SSSR count). The molecule has 0 radical (unpaired) electrons. The van der Waals surface area contributed by atoms with Gasteiger partial charge in [0.25, 0.3) is 0 Å². The van der Waals surface area contributed by atoms with Gasteiger partial charge >= 0.3 is 6.18 Å². The highest BCUT2D eigenvalue weighted by atomic mass is 19.4. The highest BCUT2D eigenvalue weighted by Crippen LogP contribution is 2.29. The monoisotopic (exact) mass is 214 g/mol. The Morgan fingerprint density at radius 3 is 2.20 bits per heavy atom. The van der Waals surface area contributed by atoms with Gasteiger partial charge in [-0.15, -0.1) is 0 Å². The molecule has 0 saturated carbocycles. The first kappa shape index (κ1) is 11.5. The van der Waals surface area contributed by atoms with Crippen molar-refractivity contribution >= 4 is 5.78 Å². The number of halogens is 3. The molecule has 80 valence electrons. The number of alkyl halides is 3. The first-order chi connectivity index (χ1) is 6.93. The molecule has 0 aliphatic heterocycles. The summed E-state index contributed by atoms with van der Waals surface area (Å²) in [5.74, 6) is -0.213. The van der Waals surface area contributed by atoms with Crippen LogP contribution in [-0.2, 0) is 17.4 Å². The van der Waals surface area contributed by atoms with E-state index in [1.54, 1.807) is 0 Å². The van der Waals surface area contributed by atoms with Gasteiger partial charge in [0, 0.05) is 6.42 Å². The van der Waals surface area contributed by atoms with E-state index in [0.717, 1.165) is 18.2 Å². The largest absolute Gasteiger partial charge is 0.416 e. The van der Waals surface area contributed by atoms with E-state index in [0.29, 0.717) is 5.56 Å². The average Bonchev–Trinajstić information content (AvgIpc) is 2.17. The van der Waals surface area contributed by atoms with Gasteiger partial charge < -0.3 is 0 Å². The molecule has 0 bridgehead atoms. The molecule has 0 amide bonds. The Balaban J connectivity index is 2.81. The van der Waals surface area contributed by atoms with E-state index in [-0.39, 0.29) is 12.2 Å². The number of rotatable bonds is 3. The zero-order valence-electron chi connectivity index (χ0n) is 7.84. The Labute approximate surface area is 85.2 Å². The van der Waals surface area contributed by atoms with Crippen molar-refractivity contribution in [3.05, 3.63) is 48.0 Å². The van der Waals surface area contributed by atoms with Crippen molar-refractivity contribution in [1.29, 1.82) is 0 Å². The number of allylic oxidation sites excluding steroid dienone is 1. The van der Waals surface area contributed by atoms with Crippen LogP contribution < -0.4 is 0 Å². The van der Waals surface area contributed by atoms with E-state index in [1.165, 1.54) is 12.1 Å². The molecule has 0 heterocycles. The van der Waals surface area contributed by atoms with Crippen LogP contribution in [0.5, 0.6) is 0 Å². The number of hydrogen-bond acceptors (Lipinski definition) is 1. The topological polar surface area (TPSA) is 17.1 Å². The first-order valence-corrected chi connectivity index (χ1v) is 4.25. The van der Waals surface area contributed by atoms with Crippen molar-refractivity contribution in [1.82, 2.24) is 0 Å². The summed E-state index contributed by atoms with van der Waals surface area (Å²) >= 11 is 0. The van der Waals surface area contributed by atoms with Crippen molar-refractivity contribution in [2.75, 3.05) is 0 Å². The summed E-state index contributed by atoms with van der Waals surface area (Å²) in [6.07, 6.45) is -3.10. The fourth-order valence-corrected chi connectivity index (χ4v) is 1.08. The van der Waals surface area contributed by atoms with Crippen molar-refractivity contribution in [2.45, 2.75) is 12.6 Å². The van der Waals surface area contributed by atoms with Crippen molar-refractivity contribution in [2.24, 2.45) is 0 Å². The van der Waals surface area contributed by atoms with Gasteiger partial charge in [0.05, 0.1) is 5.56 Å². The molecule has 0 atom stereocenters. The van der Waals surface area contributed by atoms with Crippen LogP contribution in [0.15, 0.2) is 36.9 Å². The van der Waals surface area contributed by atoms with E-state index in [2.05, 4.69) is 6.58 Å². The second kappa shape index (κ2) is 4.29. The van der Waals surface area contributed by atoms with Gasteiger partial charge in [-0.05, 0) is 23.8 Å². The third-order valence-electron chi connectivity index (χ3n) is 1.89. The fourth-order valence-electron chi connectivity index (χ4n) is 1.08. The van der Waals surface area contributed by atoms with Crippen LogP contribution in [0, 0.1) is 0 Å². The lowest BCUT2D eigenvalue weighted by Gasteiger charge is -2.06. The summed E-state index contributed by atoms with van der Waals surface area (Å²) in [6, 6.07) is 4.52. The highest BCUT2D eigenvalue weighted by molar-refractivity contribution is 5.90. The molecular formula is C11H9F3O. The predicted molar refractivity (Wildman–Crippen MR) is 50.4 cm³/mol. The van der Waals surface area contributed by atoms with Gasteiger partial charge in [0.1, 0.15) is 0 Å². The maximum absolute atomic E-state index is 12.2. The van der Waals surface area contributed by atoms with Crippen molar-refractivity contribution in [3.8, 4) is 0 Å². The summed E-state index contributed by atoms with van der Waals surface area (Å²) < 4.78 is 36.5. The number of hydrogen-bond donors (Lipinski definition) is 0. The smallest absolute Gasteiger partial charge is 0.295 e. The Morgan fingerprint density at radius 1 is 1.27 bits per heavy atom. The van der Waals surface area contributed by atoms with Crippen molar-refractivity contribution in [3.63, 3.8) is 0 Å². The van der Waals surface area contributed by atoms with E-state index in [4.69, 9.17) is 0 Å². The third kappa shape index (κ3) is 3.23. The predicted octanol–water partition coefficient (Wildman–Crippen LogP) is 3.00. The highest BCUT2D eigenvalue weighted by Gasteiger charge is 2.29. The van der Waals surface area contributed by atoms with Crippen LogP contribution in [-0.4, -0.2) is 5.78 Å². The molecule has 0 saturated heterocycles. The zero-order chi connectivity index (χ0) is 11.5. The van der Waals surface area contributed by atoms with Crippen LogP contribution in [0.1, 0.15) is 11.1 Å². The Hall–Kier alpha value is -1.58. The normalized spacial score (nSPS) is 11.1.